The molecule has 1 aromatic carbocycles. The molecule has 0 unspecified atom stereocenters. The van der Waals surface area contributed by atoms with E-state index in [1.807, 2.05) is 32.2 Å². The van der Waals surface area contributed by atoms with Crippen LogP contribution in [0.2, 0.25) is 0 Å². The minimum absolute atomic E-state index is 0.643. The molecule has 4 heteroatoms. The summed E-state index contributed by atoms with van der Waals surface area (Å²) in [5, 5.41) is 4.13. The predicted octanol–water partition coefficient (Wildman–Crippen LogP) is 1.99. The van der Waals surface area contributed by atoms with Gasteiger partial charge in [-0.15, -0.1) is 0 Å². The lowest BCUT2D eigenvalue weighted by atomic mass is 10.0. The summed E-state index contributed by atoms with van der Waals surface area (Å²) in [6.45, 7) is 2.04. The molecule has 0 aliphatic heterocycles. The zero-order valence-electron chi connectivity index (χ0n) is 9.69. The van der Waals surface area contributed by atoms with Crippen LogP contribution in [0.4, 0.5) is 5.82 Å². The zero-order chi connectivity index (χ0) is 11.7. The standard InChI is InChI=1S/C12H15N3O/c1-8-4-5-11(16-3)9(6-8)10-7-14-15(2)12(10)13/h4-7H,13H2,1-3H3. The first-order chi connectivity index (χ1) is 7.63. The van der Waals surface area contributed by atoms with Gasteiger partial charge in [0.15, 0.2) is 0 Å². The highest BCUT2D eigenvalue weighted by Gasteiger charge is 2.12. The Morgan fingerprint density at radius 2 is 2.06 bits per heavy atom. The van der Waals surface area contributed by atoms with Crippen LogP contribution >= 0.6 is 0 Å². The Morgan fingerprint density at radius 3 is 2.62 bits per heavy atom. The highest BCUT2D eigenvalue weighted by atomic mass is 16.5. The molecule has 2 N–H and O–H groups in total. The minimum atomic E-state index is 0.643. The number of rotatable bonds is 2. The number of nitrogen functional groups attached to an aromatic ring is 1. The number of aromatic nitrogens is 2. The van der Waals surface area contributed by atoms with Crippen LogP contribution < -0.4 is 10.5 Å². The van der Waals surface area contributed by atoms with Crippen molar-refractivity contribution < 1.29 is 4.74 Å². The number of ether oxygens (including phenoxy) is 1. The van der Waals surface area contributed by atoms with Gasteiger partial charge in [0.2, 0.25) is 0 Å². The number of aryl methyl sites for hydroxylation is 2. The lowest BCUT2D eigenvalue weighted by Gasteiger charge is -2.08. The van der Waals surface area contributed by atoms with E-state index in [2.05, 4.69) is 5.10 Å². The summed E-state index contributed by atoms with van der Waals surface area (Å²) in [5.74, 6) is 1.45. The molecule has 84 valence electrons. The fourth-order valence-corrected chi connectivity index (χ4v) is 1.69. The van der Waals surface area contributed by atoms with Crippen LogP contribution in [0.5, 0.6) is 5.75 Å². The number of benzene rings is 1. The van der Waals surface area contributed by atoms with Gasteiger partial charge in [-0.2, -0.15) is 5.10 Å². The molecule has 0 amide bonds. The molecule has 0 aliphatic rings. The van der Waals surface area contributed by atoms with E-state index >= 15 is 0 Å². The van der Waals surface area contributed by atoms with Crippen LogP contribution in [0.1, 0.15) is 5.56 Å². The third kappa shape index (κ3) is 1.62. The number of hydrogen-bond donors (Lipinski definition) is 1. The maximum atomic E-state index is 5.95. The molecule has 16 heavy (non-hydrogen) atoms. The topological polar surface area (TPSA) is 53.1 Å². The first kappa shape index (κ1) is 10.5. The fraction of sp³-hybridized carbons (Fsp3) is 0.250. The molecule has 0 spiro atoms. The van der Waals surface area contributed by atoms with Crippen molar-refractivity contribution in [3.05, 3.63) is 30.0 Å². The van der Waals surface area contributed by atoms with Gasteiger partial charge in [0.05, 0.1) is 13.3 Å². The summed E-state index contributed by atoms with van der Waals surface area (Å²) in [4.78, 5) is 0. The molecule has 1 heterocycles. The Bertz CT molecular complexity index is 517. The third-order valence-corrected chi connectivity index (χ3v) is 2.63. The van der Waals surface area contributed by atoms with E-state index in [1.54, 1.807) is 18.0 Å². The van der Waals surface area contributed by atoms with E-state index in [0.29, 0.717) is 5.82 Å². The first-order valence-corrected chi connectivity index (χ1v) is 5.06. The summed E-state index contributed by atoms with van der Waals surface area (Å²) in [6, 6.07) is 6.00. The van der Waals surface area contributed by atoms with Crippen molar-refractivity contribution in [2.24, 2.45) is 7.05 Å². The summed E-state index contributed by atoms with van der Waals surface area (Å²) in [7, 11) is 3.47. The second kappa shape index (κ2) is 3.89. The number of nitrogens with two attached hydrogens (primary N) is 1. The molecule has 0 saturated carbocycles. The molecule has 0 fully saturated rings. The number of hydrogen-bond acceptors (Lipinski definition) is 3. The van der Waals surface area contributed by atoms with Crippen LogP contribution in [0, 0.1) is 6.92 Å². The van der Waals surface area contributed by atoms with Crippen LogP contribution in [0.15, 0.2) is 24.4 Å². The van der Waals surface area contributed by atoms with Gasteiger partial charge < -0.3 is 10.5 Å². The average Bonchev–Trinajstić information content (AvgIpc) is 2.60. The Balaban J connectivity index is 2.62. The lowest BCUT2D eigenvalue weighted by Crippen LogP contribution is -1.98. The molecule has 0 saturated heterocycles. The van der Waals surface area contributed by atoms with Gasteiger partial charge in [-0.25, -0.2) is 0 Å². The van der Waals surface area contributed by atoms with E-state index in [4.69, 9.17) is 10.5 Å². The van der Waals surface area contributed by atoms with Crippen molar-refractivity contribution in [1.82, 2.24) is 9.78 Å². The Hall–Kier alpha value is -1.97. The quantitative estimate of drug-likeness (QED) is 0.836. The largest absolute Gasteiger partial charge is 0.496 e. The van der Waals surface area contributed by atoms with Gasteiger partial charge in [-0.05, 0) is 19.1 Å². The smallest absolute Gasteiger partial charge is 0.129 e. The van der Waals surface area contributed by atoms with Crippen molar-refractivity contribution in [2.45, 2.75) is 6.92 Å². The average molecular weight is 217 g/mol. The zero-order valence-corrected chi connectivity index (χ0v) is 9.69. The number of nitrogens with zero attached hydrogens (tertiary/aromatic N) is 2. The van der Waals surface area contributed by atoms with Crippen molar-refractivity contribution in [2.75, 3.05) is 12.8 Å². The van der Waals surface area contributed by atoms with Crippen molar-refractivity contribution in [1.29, 1.82) is 0 Å². The van der Waals surface area contributed by atoms with E-state index in [9.17, 15) is 0 Å². The maximum Gasteiger partial charge on any atom is 0.129 e. The molecule has 0 radical (unpaired) electrons. The Labute approximate surface area is 94.6 Å². The van der Waals surface area contributed by atoms with Gasteiger partial charge in [0.1, 0.15) is 11.6 Å². The molecular weight excluding hydrogens is 202 g/mol. The fourth-order valence-electron chi connectivity index (χ4n) is 1.69. The van der Waals surface area contributed by atoms with Gasteiger partial charge in [0, 0.05) is 18.2 Å². The van der Waals surface area contributed by atoms with E-state index < -0.39 is 0 Å². The van der Waals surface area contributed by atoms with Crippen molar-refractivity contribution in [3.63, 3.8) is 0 Å². The predicted molar refractivity (Wildman–Crippen MR) is 64.3 cm³/mol. The lowest BCUT2D eigenvalue weighted by molar-refractivity contribution is 0.416. The molecular formula is C12H15N3O. The van der Waals surface area contributed by atoms with Gasteiger partial charge in [0.25, 0.3) is 0 Å². The van der Waals surface area contributed by atoms with E-state index in [0.717, 1.165) is 16.9 Å². The molecule has 4 nitrogen and oxygen atoms in total. The summed E-state index contributed by atoms with van der Waals surface area (Å²) in [6.07, 6.45) is 1.76. The Morgan fingerprint density at radius 1 is 1.31 bits per heavy atom. The number of anilines is 1. The second-order valence-electron chi connectivity index (χ2n) is 3.77. The minimum Gasteiger partial charge on any atom is -0.496 e. The summed E-state index contributed by atoms with van der Waals surface area (Å²) in [5.41, 5.74) is 9.00. The van der Waals surface area contributed by atoms with Gasteiger partial charge in [-0.1, -0.05) is 11.6 Å². The Kier molecular flexibility index (Phi) is 2.56. The number of methoxy groups -OCH3 is 1. The second-order valence-corrected chi connectivity index (χ2v) is 3.77. The molecule has 1 aromatic heterocycles. The normalized spacial score (nSPS) is 10.4. The molecule has 0 aliphatic carbocycles. The first-order valence-electron chi connectivity index (χ1n) is 5.06. The molecule has 0 atom stereocenters. The van der Waals surface area contributed by atoms with Crippen LogP contribution in [0.25, 0.3) is 11.1 Å². The SMILES string of the molecule is COc1ccc(C)cc1-c1cnn(C)c1N. The summed E-state index contributed by atoms with van der Waals surface area (Å²) >= 11 is 0. The highest BCUT2D eigenvalue weighted by molar-refractivity contribution is 5.78. The van der Waals surface area contributed by atoms with Crippen LogP contribution in [-0.2, 0) is 7.05 Å². The third-order valence-electron chi connectivity index (χ3n) is 2.63. The highest BCUT2D eigenvalue weighted by Crippen LogP contribution is 2.33. The van der Waals surface area contributed by atoms with Gasteiger partial charge >= 0.3 is 0 Å². The van der Waals surface area contributed by atoms with Crippen molar-refractivity contribution >= 4 is 5.82 Å². The monoisotopic (exact) mass is 217 g/mol. The summed E-state index contributed by atoms with van der Waals surface area (Å²) < 4.78 is 6.98. The van der Waals surface area contributed by atoms with Crippen LogP contribution in [-0.4, -0.2) is 16.9 Å². The van der Waals surface area contributed by atoms with Gasteiger partial charge in [-0.3, -0.25) is 4.68 Å². The van der Waals surface area contributed by atoms with Crippen molar-refractivity contribution in [3.8, 4) is 16.9 Å². The molecule has 2 rings (SSSR count). The van der Waals surface area contributed by atoms with Crippen LogP contribution in [0.3, 0.4) is 0 Å². The molecule has 2 aromatic rings. The van der Waals surface area contributed by atoms with E-state index in [1.165, 1.54) is 5.56 Å². The maximum absolute atomic E-state index is 5.95. The molecule has 0 bridgehead atoms. The van der Waals surface area contributed by atoms with E-state index in [-0.39, 0.29) is 0 Å².